The molecule has 0 unspecified atom stereocenters. The number of hydrogen-bond acceptors (Lipinski definition) is 7. The molecule has 3 heterocycles. The summed E-state index contributed by atoms with van der Waals surface area (Å²) in [6.45, 7) is 1.81. The fourth-order valence-electron chi connectivity index (χ4n) is 3.85. The van der Waals surface area contributed by atoms with Crippen molar-refractivity contribution in [2.45, 2.75) is 6.92 Å². The van der Waals surface area contributed by atoms with Crippen molar-refractivity contribution in [3.8, 4) is 17.3 Å². The summed E-state index contributed by atoms with van der Waals surface area (Å²) in [7, 11) is -3.54. The van der Waals surface area contributed by atoms with Crippen molar-refractivity contribution in [1.82, 2.24) is 19.7 Å². The molecule has 0 atom stereocenters. The van der Waals surface area contributed by atoms with E-state index in [1.807, 2.05) is 0 Å². The van der Waals surface area contributed by atoms with Crippen molar-refractivity contribution in [2.24, 2.45) is 0 Å². The molecule has 0 amide bonds. The standard InChI is InChI=1S/C25H20ClFN6O4S/c1-13-7-23(37-16-5-3-15(27)4-6-16)29-12-22(13)33-25(28)17(11-30-33)24(34)21-9-14-8-18(26)20(10-19(14)31-21)32-38(2,35)36/h3-12,31-32H,28H2,1-2H3. The third kappa shape index (κ3) is 5.04. The summed E-state index contributed by atoms with van der Waals surface area (Å²) in [4.78, 5) is 20.5. The number of benzene rings is 2. The van der Waals surface area contributed by atoms with Gasteiger partial charge in [-0.2, -0.15) is 5.10 Å². The van der Waals surface area contributed by atoms with Crippen molar-refractivity contribution in [2.75, 3.05) is 16.7 Å². The van der Waals surface area contributed by atoms with Crippen molar-refractivity contribution >= 4 is 49.8 Å². The van der Waals surface area contributed by atoms with Crippen LogP contribution in [0.3, 0.4) is 0 Å². The maximum Gasteiger partial charge on any atom is 0.229 e. The second kappa shape index (κ2) is 9.47. The van der Waals surface area contributed by atoms with E-state index in [0.29, 0.717) is 28.2 Å². The predicted molar refractivity (Wildman–Crippen MR) is 142 cm³/mol. The summed E-state index contributed by atoms with van der Waals surface area (Å²) in [5.41, 5.74) is 8.62. The van der Waals surface area contributed by atoms with E-state index in [4.69, 9.17) is 22.1 Å². The van der Waals surface area contributed by atoms with E-state index in [2.05, 4.69) is 19.8 Å². The fourth-order valence-corrected chi connectivity index (χ4v) is 4.69. The van der Waals surface area contributed by atoms with E-state index >= 15 is 0 Å². The lowest BCUT2D eigenvalue weighted by molar-refractivity contribution is 0.103. The van der Waals surface area contributed by atoms with Crippen molar-refractivity contribution in [3.63, 3.8) is 0 Å². The predicted octanol–water partition coefficient (Wildman–Crippen LogP) is 4.83. The van der Waals surface area contributed by atoms with Crippen LogP contribution in [0.5, 0.6) is 11.6 Å². The summed E-state index contributed by atoms with van der Waals surface area (Å²) < 4.78 is 45.7. The second-order valence-corrected chi connectivity index (χ2v) is 10.7. The minimum Gasteiger partial charge on any atom is -0.439 e. The largest absolute Gasteiger partial charge is 0.439 e. The van der Waals surface area contributed by atoms with Crippen LogP contribution in [0.4, 0.5) is 15.9 Å². The Labute approximate surface area is 221 Å². The van der Waals surface area contributed by atoms with Crippen LogP contribution in [0, 0.1) is 12.7 Å². The van der Waals surface area contributed by atoms with Gasteiger partial charge in [0.25, 0.3) is 0 Å². The SMILES string of the molecule is Cc1cc(Oc2ccc(F)cc2)ncc1-n1ncc(C(=O)c2cc3cc(Cl)c(NS(C)(=O)=O)cc3[nH]2)c1N. The van der Waals surface area contributed by atoms with Gasteiger partial charge in [0, 0.05) is 17.0 Å². The van der Waals surface area contributed by atoms with Gasteiger partial charge in [0.05, 0.1) is 46.3 Å². The van der Waals surface area contributed by atoms with Crippen LogP contribution in [0.15, 0.2) is 60.9 Å². The Morgan fingerprint density at radius 1 is 1.16 bits per heavy atom. The van der Waals surface area contributed by atoms with Gasteiger partial charge in [0.2, 0.25) is 21.7 Å². The third-order valence-corrected chi connectivity index (χ3v) is 6.53. The van der Waals surface area contributed by atoms with E-state index < -0.39 is 15.8 Å². The van der Waals surface area contributed by atoms with E-state index in [0.717, 1.165) is 11.8 Å². The average molecular weight is 555 g/mol. The van der Waals surface area contributed by atoms with Gasteiger partial charge in [0.1, 0.15) is 17.4 Å². The Morgan fingerprint density at radius 3 is 2.58 bits per heavy atom. The highest BCUT2D eigenvalue weighted by atomic mass is 35.5. The van der Waals surface area contributed by atoms with Crippen molar-refractivity contribution < 1.29 is 22.3 Å². The number of carbonyl (C=O) groups is 1. The lowest BCUT2D eigenvalue weighted by atomic mass is 10.1. The number of nitrogens with zero attached hydrogens (tertiary/aromatic N) is 3. The Balaban J connectivity index is 1.42. The first kappa shape index (κ1) is 25.2. The number of aromatic nitrogens is 4. The molecule has 194 valence electrons. The highest BCUT2D eigenvalue weighted by molar-refractivity contribution is 7.92. The van der Waals surface area contributed by atoms with Crippen LogP contribution in [-0.2, 0) is 10.0 Å². The van der Waals surface area contributed by atoms with Gasteiger partial charge in [-0.15, -0.1) is 0 Å². The molecule has 0 spiro atoms. The van der Waals surface area contributed by atoms with Crippen LogP contribution in [0.1, 0.15) is 21.6 Å². The first-order chi connectivity index (χ1) is 18.0. The molecule has 0 saturated heterocycles. The number of aryl methyl sites for hydroxylation is 1. The molecule has 0 saturated carbocycles. The minimum absolute atomic E-state index is 0.100. The molecule has 13 heteroatoms. The summed E-state index contributed by atoms with van der Waals surface area (Å²) >= 11 is 6.20. The van der Waals surface area contributed by atoms with E-state index in [9.17, 15) is 17.6 Å². The van der Waals surface area contributed by atoms with Gasteiger partial charge in [-0.1, -0.05) is 11.6 Å². The number of hydrogen-bond donors (Lipinski definition) is 3. The lowest BCUT2D eigenvalue weighted by Gasteiger charge is -2.10. The Hall–Kier alpha value is -4.42. The van der Waals surface area contributed by atoms with E-state index in [-0.39, 0.29) is 33.6 Å². The molecule has 5 rings (SSSR count). The number of nitrogen functional groups attached to an aromatic ring is 1. The van der Waals surface area contributed by atoms with Crippen molar-refractivity contribution in [3.05, 3.63) is 88.6 Å². The number of carbonyl (C=O) groups excluding carboxylic acids is 1. The van der Waals surface area contributed by atoms with Gasteiger partial charge in [-0.05, 0) is 55.0 Å². The molecule has 0 bridgehead atoms. The molecule has 4 N–H and O–H groups in total. The lowest BCUT2D eigenvalue weighted by Crippen LogP contribution is -2.09. The number of nitrogens with one attached hydrogen (secondary N) is 2. The smallest absolute Gasteiger partial charge is 0.229 e. The van der Waals surface area contributed by atoms with Gasteiger partial charge >= 0.3 is 0 Å². The van der Waals surface area contributed by atoms with E-state index in [1.54, 1.807) is 25.1 Å². The van der Waals surface area contributed by atoms with E-state index in [1.165, 1.54) is 47.4 Å². The average Bonchev–Trinajstić information content (AvgIpc) is 3.43. The highest BCUT2D eigenvalue weighted by Crippen LogP contribution is 2.31. The van der Waals surface area contributed by atoms with Gasteiger partial charge < -0.3 is 15.5 Å². The van der Waals surface area contributed by atoms with Gasteiger partial charge in [0.15, 0.2) is 0 Å². The Bertz CT molecular complexity index is 1820. The topological polar surface area (TPSA) is 145 Å². The Morgan fingerprint density at radius 2 is 1.89 bits per heavy atom. The number of rotatable bonds is 7. The number of sulfonamides is 1. The number of ketones is 1. The third-order valence-electron chi connectivity index (χ3n) is 5.62. The first-order valence-corrected chi connectivity index (χ1v) is 13.3. The normalized spacial score (nSPS) is 11.6. The summed E-state index contributed by atoms with van der Waals surface area (Å²) in [6.07, 6.45) is 3.88. The first-order valence-electron chi connectivity index (χ1n) is 11.1. The molecule has 0 aliphatic heterocycles. The maximum absolute atomic E-state index is 13.3. The molecule has 0 aliphatic carbocycles. The molecule has 0 fully saturated rings. The molecular weight excluding hydrogens is 535 g/mol. The zero-order valence-corrected chi connectivity index (χ0v) is 21.6. The minimum atomic E-state index is -3.54. The van der Waals surface area contributed by atoms with Gasteiger partial charge in [-0.25, -0.2) is 22.5 Å². The quantitative estimate of drug-likeness (QED) is 0.244. The highest BCUT2D eigenvalue weighted by Gasteiger charge is 2.21. The van der Waals surface area contributed by atoms with Crippen LogP contribution >= 0.6 is 11.6 Å². The number of aromatic amines is 1. The Kier molecular flexibility index (Phi) is 6.29. The maximum atomic E-state index is 13.3. The molecule has 3 aromatic heterocycles. The number of ether oxygens (including phenoxy) is 1. The van der Waals surface area contributed by atoms with Crippen LogP contribution in [-0.4, -0.2) is 40.2 Å². The molecular formula is C25H20ClFN6O4S. The van der Waals surface area contributed by atoms with Crippen molar-refractivity contribution in [1.29, 1.82) is 0 Å². The molecule has 2 aromatic carbocycles. The molecule has 10 nitrogen and oxygen atoms in total. The van der Waals surface area contributed by atoms with Crippen LogP contribution < -0.4 is 15.2 Å². The molecule has 0 aliphatic rings. The second-order valence-electron chi connectivity index (χ2n) is 8.53. The van der Waals surface area contributed by atoms with Gasteiger partial charge in [-0.3, -0.25) is 9.52 Å². The summed E-state index contributed by atoms with van der Waals surface area (Å²) in [6, 6.07) is 11.9. The molecule has 0 radical (unpaired) electrons. The number of anilines is 2. The number of pyridine rings is 1. The number of nitrogens with two attached hydrogens (primary N) is 1. The molecule has 5 aromatic rings. The van der Waals surface area contributed by atoms with Crippen LogP contribution in [0.25, 0.3) is 16.6 Å². The molecule has 38 heavy (non-hydrogen) atoms. The zero-order chi connectivity index (χ0) is 27.2. The number of halogens is 2. The monoisotopic (exact) mass is 554 g/mol. The summed E-state index contributed by atoms with van der Waals surface area (Å²) in [5, 5.41) is 5.07. The summed E-state index contributed by atoms with van der Waals surface area (Å²) in [5.74, 6) is 0.0304. The fraction of sp³-hybridized carbons (Fsp3) is 0.0800. The number of H-pyrrole nitrogens is 1. The zero-order valence-electron chi connectivity index (χ0n) is 20.0. The number of fused-ring (bicyclic) bond motifs is 1. The van der Waals surface area contributed by atoms with Crippen LogP contribution in [0.2, 0.25) is 5.02 Å².